The number of rotatable bonds is 6. The normalized spacial score (nSPS) is 10.9. The number of carbonyl (C=O) groups is 2. The predicted molar refractivity (Wildman–Crippen MR) is 68.4 cm³/mol. The third-order valence-electron chi connectivity index (χ3n) is 1.90. The van der Waals surface area contributed by atoms with E-state index in [2.05, 4.69) is 5.32 Å². The average molecular weight is 260 g/mol. The van der Waals surface area contributed by atoms with Crippen molar-refractivity contribution in [1.29, 1.82) is 0 Å². The molecule has 0 aromatic heterocycles. The molecule has 0 spiro atoms. The van der Waals surface area contributed by atoms with Crippen molar-refractivity contribution in [1.82, 2.24) is 10.2 Å². The van der Waals surface area contributed by atoms with Crippen LogP contribution in [0.4, 0.5) is 4.79 Å². The van der Waals surface area contributed by atoms with Crippen molar-refractivity contribution in [3.05, 3.63) is 0 Å². The van der Waals surface area contributed by atoms with Crippen molar-refractivity contribution in [3.8, 4) is 0 Å². The molecule has 1 amide bonds. The zero-order chi connectivity index (χ0) is 14.2. The maximum Gasteiger partial charge on any atom is 0.410 e. The Morgan fingerprint density at radius 3 is 2.39 bits per heavy atom. The molecular formula is C12H24N2O4. The maximum atomic E-state index is 11.6. The van der Waals surface area contributed by atoms with E-state index in [4.69, 9.17) is 9.47 Å². The van der Waals surface area contributed by atoms with Gasteiger partial charge in [0, 0.05) is 20.1 Å². The first-order valence-corrected chi connectivity index (χ1v) is 6.06. The Labute approximate surface area is 109 Å². The molecule has 0 aliphatic carbocycles. The molecule has 0 bridgehead atoms. The summed E-state index contributed by atoms with van der Waals surface area (Å²) in [4.78, 5) is 24.1. The number of amides is 1. The largest absolute Gasteiger partial charge is 0.465 e. The Morgan fingerprint density at radius 2 is 1.89 bits per heavy atom. The molecule has 6 nitrogen and oxygen atoms in total. The van der Waals surface area contributed by atoms with Gasteiger partial charge in [0.1, 0.15) is 5.60 Å². The average Bonchev–Trinajstić information content (AvgIpc) is 2.22. The van der Waals surface area contributed by atoms with Crippen molar-refractivity contribution >= 4 is 12.1 Å². The summed E-state index contributed by atoms with van der Waals surface area (Å²) in [6, 6.07) is 0. The number of nitrogens with one attached hydrogen (secondary N) is 1. The highest BCUT2D eigenvalue weighted by Crippen LogP contribution is 2.08. The van der Waals surface area contributed by atoms with Gasteiger partial charge in [0.25, 0.3) is 0 Å². The molecule has 0 saturated carbocycles. The Kier molecular flexibility index (Phi) is 7.35. The summed E-state index contributed by atoms with van der Waals surface area (Å²) < 4.78 is 9.94. The summed E-state index contributed by atoms with van der Waals surface area (Å²) in [5, 5.41) is 2.89. The molecule has 0 aromatic rings. The maximum absolute atomic E-state index is 11.6. The molecule has 0 heterocycles. The molecule has 18 heavy (non-hydrogen) atoms. The van der Waals surface area contributed by atoms with Gasteiger partial charge >= 0.3 is 12.1 Å². The zero-order valence-electron chi connectivity index (χ0n) is 11.9. The molecular weight excluding hydrogens is 236 g/mol. The van der Waals surface area contributed by atoms with Crippen molar-refractivity contribution in [2.45, 2.75) is 33.3 Å². The van der Waals surface area contributed by atoms with Crippen LogP contribution in [0.3, 0.4) is 0 Å². The Hall–Kier alpha value is -1.30. The second kappa shape index (κ2) is 7.92. The lowest BCUT2D eigenvalue weighted by Gasteiger charge is -2.24. The number of carbonyl (C=O) groups excluding carboxylic acids is 2. The molecule has 0 aliphatic rings. The zero-order valence-corrected chi connectivity index (χ0v) is 11.9. The van der Waals surface area contributed by atoms with Crippen molar-refractivity contribution in [2.75, 3.05) is 33.3 Å². The topological polar surface area (TPSA) is 67.9 Å². The van der Waals surface area contributed by atoms with Crippen molar-refractivity contribution < 1.29 is 19.1 Å². The van der Waals surface area contributed by atoms with E-state index in [0.717, 1.165) is 0 Å². The van der Waals surface area contributed by atoms with Gasteiger partial charge in [-0.25, -0.2) is 4.79 Å². The number of esters is 1. The lowest BCUT2D eigenvalue weighted by molar-refractivity contribution is -0.141. The smallest absolute Gasteiger partial charge is 0.410 e. The number of hydrogen-bond donors (Lipinski definition) is 1. The SMILES string of the molecule is CCOC(=O)CNCCN(C)C(=O)OC(C)(C)C. The van der Waals surface area contributed by atoms with E-state index in [1.165, 1.54) is 4.90 Å². The second-order valence-corrected chi connectivity index (χ2v) is 4.88. The van der Waals surface area contributed by atoms with E-state index >= 15 is 0 Å². The van der Waals surface area contributed by atoms with Crippen LogP contribution < -0.4 is 5.32 Å². The molecule has 0 aromatic carbocycles. The van der Waals surface area contributed by atoms with E-state index in [0.29, 0.717) is 19.7 Å². The summed E-state index contributed by atoms with van der Waals surface area (Å²) in [6.07, 6.45) is -0.375. The molecule has 6 heteroatoms. The second-order valence-electron chi connectivity index (χ2n) is 4.88. The van der Waals surface area contributed by atoms with Crippen LogP contribution in [0.25, 0.3) is 0 Å². The summed E-state index contributed by atoms with van der Waals surface area (Å²) >= 11 is 0. The van der Waals surface area contributed by atoms with Crippen LogP contribution in [0.5, 0.6) is 0 Å². The fraction of sp³-hybridized carbons (Fsp3) is 0.833. The molecule has 0 aliphatic heterocycles. The summed E-state index contributed by atoms with van der Waals surface area (Å²) in [6.45, 7) is 8.71. The third kappa shape index (κ3) is 8.81. The van der Waals surface area contributed by atoms with Gasteiger partial charge in [-0.15, -0.1) is 0 Å². The van der Waals surface area contributed by atoms with Gasteiger partial charge in [-0.05, 0) is 27.7 Å². The van der Waals surface area contributed by atoms with Crippen LogP contribution >= 0.6 is 0 Å². The molecule has 1 N–H and O–H groups in total. The molecule has 0 rings (SSSR count). The predicted octanol–water partition coefficient (Wildman–Crippen LogP) is 1.01. The number of likely N-dealkylation sites (N-methyl/N-ethyl adjacent to an activating group) is 1. The fourth-order valence-corrected chi connectivity index (χ4v) is 1.08. The minimum absolute atomic E-state index is 0.149. The number of ether oxygens (including phenoxy) is 2. The van der Waals surface area contributed by atoms with Crippen LogP contribution in [0.15, 0.2) is 0 Å². The fourth-order valence-electron chi connectivity index (χ4n) is 1.08. The monoisotopic (exact) mass is 260 g/mol. The minimum atomic E-state index is -0.496. The van der Waals surface area contributed by atoms with E-state index in [9.17, 15) is 9.59 Å². The van der Waals surface area contributed by atoms with Crippen LogP contribution in [0.2, 0.25) is 0 Å². The molecule has 0 saturated heterocycles. The minimum Gasteiger partial charge on any atom is -0.465 e. The number of hydrogen-bond acceptors (Lipinski definition) is 5. The highest BCUT2D eigenvalue weighted by atomic mass is 16.6. The standard InChI is InChI=1S/C12H24N2O4/c1-6-17-10(15)9-13-7-8-14(5)11(16)18-12(2,3)4/h13H,6-9H2,1-5H3. The van der Waals surface area contributed by atoms with Gasteiger partial charge in [-0.3, -0.25) is 4.79 Å². The summed E-state index contributed by atoms with van der Waals surface area (Å²) in [7, 11) is 1.65. The van der Waals surface area contributed by atoms with Gasteiger partial charge in [-0.2, -0.15) is 0 Å². The van der Waals surface area contributed by atoms with E-state index in [1.54, 1.807) is 14.0 Å². The lowest BCUT2D eigenvalue weighted by atomic mass is 10.2. The van der Waals surface area contributed by atoms with Crippen molar-refractivity contribution in [2.24, 2.45) is 0 Å². The molecule has 0 unspecified atom stereocenters. The van der Waals surface area contributed by atoms with Crippen molar-refractivity contribution in [3.63, 3.8) is 0 Å². The highest BCUT2D eigenvalue weighted by Gasteiger charge is 2.19. The Bertz CT molecular complexity index is 274. The molecule has 0 fully saturated rings. The summed E-state index contributed by atoms with van der Waals surface area (Å²) in [5.41, 5.74) is -0.496. The Balaban J connectivity index is 3.74. The van der Waals surface area contributed by atoms with Crippen LogP contribution in [-0.4, -0.2) is 55.9 Å². The first-order valence-electron chi connectivity index (χ1n) is 6.06. The van der Waals surface area contributed by atoms with Crippen LogP contribution in [-0.2, 0) is 14.3 Å². The van der Waals surface area contributed by atoms with Gasteiger partial charge in [-0.1, -0.05) is 0 Å². The quantitative estimate of drug-likeness (QED) is 0.570. The lowest BCUT2D eigenvalue weighted by Crippen LogP contribution is -2.39. The third-order valence-corrected chi connectivity index (χ3v) is 1.90. The van der Waals surface area contributed by atoms with Gasteiger partial charge in [0.2, 0.25) is 0 Å². The van der Waals surface area contributed by atoms with E-state index in [-0.39, 0.29) is 18.6 Å². The van der Waals surface area contributed by atoms with Gasteiger partial charge in [0.05, 0.1) is 13.2 Å². The molecule has 106 valence electrons. The first kappa shape index (κ1) is 16.7. The van der Waals surface area contributed by atoms with Crippen LogP contribution in [0, 0.1) is 0 Å². The van der Waals surface area contributed by atoms with E-state index in [1.807, 2.05) is 20.8 Å². The Morgan fingerprint density at radius 1 is 1.28 bits per heavy atom. The first-order chi connectivity index (χ1) is 8.26. The van der Waals surface area contributed by atoms with Crippen LogP contribution in [0.1, 0.15) is 27.7 Å². The highest BCUT2D eigenvalue weighted by molar-refractivity contribution is 5.71. The summed E-state index contributed by atoms with van der Waals surface area (Å²) in [5.74, 6) is -0.294. The van der Waals surface area contributed by atoms with Gasteiger partial charge in [0.15, 0.2) is 0 Å². The van der Waals surface area contributed by atoms with Gasteiger partial charge < -0.3 is 19.7 Å². The molecule has 0 radical (unpaired) electrons. The van der Waals surface area contributed by atoms with E-state index < -0.39 is 5.60 Å². The number of nitrogens with zero attached hydrogens (tertiary/aromatic N) is 1. The molecule has 0 atom stereocenters.